The predicted molar refractivity (Wildman–Crippen MR) is 41.1 cm³/mol. The third kappa shape index (κ3) is 3.50. The fourth-order valence-electron chi connectivity index (χ4n) is 0.435. The van der Waals surface area contributed by atoms with Crippen molar-refractivity contribution in [3.8, 4) is 0 Å². The van der Waals surface area contributed by atoms with Gasteiger partial charge in [-0.05, 0) is 10.9 Å². The molecule has 3 nitrogen and oxygen atoms in total. The van der Waals surface area contributed by atoms with E-state index in [-0.39, 0.29) is 10.9 Å². The lowest BCUT2D eigenvalue weighted by Gasteiger charge is -1.94. The van der Waals surface area contributed by atoms with Crippen molar-refractivity contribution in [1.82, 2.24) is 0 Å². The number of carbonyl (C=O) groups excluding carboxylic acids is 2. The van der Waals surface area contributed by atoms with E-state index in [1.807, 2.05) is 12.5 Å². The lowest BCUT2D eigenvalue weighted by Crippen LogP contribution is -2.23. The van der Waals surface area contributed by atoms with Gasteiger partial charge in [-0.3, -0.25) is 4.79 Å². The first-order valence-corrected chi connectivity index (χ1v) is 4.94. The van der Waals surface area contributed by atoms with Crippen LogP contribution >= 0.6 is 0 Å². The number of esters is 1. The number of Topliss-reactive ketones (excluding diaryl/α,β-unsaturated/α-hetero) is 1. The molecule has 0 rings (SSSR count). The van der Waals surface area contributed by atoms with Crippen molar-refractivity contribution >= 4 is 22.6 Å². The van der Waals surface area contributed by atoms with Crippen LogP contribution in [0.3, 0.4) is 0 Å². The second-order valence-electron chi connectivity index (χ2n) is 2.04. The Morgan fingerprint density at radius 2 is 1.90 bits per heavy atom. The molecule has 0 aliphatic rings. The zero-order valence-electron chi connectivity index (χ0n) is 6.34. The molecule has 58 valence electrons. The summed E-state index contributed by atoms with van der Waals surface area (Å²) < 4.78 is 4.23. The van der Waals surface area contributed by atoms with Crippen LogP contribution in [0.15, 0.2) is 0 Å². The van der Waals surface area contributed by atoms with Crippen LogP contribution in [-0.2, 0) is 25.2 Å². The number of ether oxygens (including phenoxy) is 1. The van der Waals surface area contributed by atoms with Gasteiger partial charge < -0.3 is 4.74 Å². The van der Waals surface area contributed by atoms with Gasteiger partial charge in [-0.15, -0.1) is 0 Å². The van der Waals surface area contributed by atoms with Gasteiger partial charge >= 0.3 is 5.97 Å². The minimum Gasteiger partial charge on any atom is -0.463 e. The summed E-state index contributed by atoms with van der Waals surface area (Å²) in [5.74, 6) is -0.871. The second-order valence-corrected chi connectivity index (χ2v) is 4.30. The number of hydrogen-bond donors (Lipinski definition) is 0. The van der Waals surface area contributed by atoms with Crippen molar-refractivity contribution in [2.75, 3.05) is 25.4 Å². The van der Waals surface area contributed by atoms with Gasteiger partial charge in [0.1, 0.15) is 0 Å². The molecule has 0 saturated carbocycles. The maximum absolute atomic E-state index is 10.7. The Kier molecular flexibility index (Phi) is 4.11. The zero-order valence-corrected chi connectivity index (χ0v) is 7.16. The average Bonchev–Trinajstić information content (AvgIpc) is 1.85. The van der Waals surface area contributed by atoms with Gasteiger partial charge in [-0.25, -0.2) is 4.79 Å². The molecular weight excluding hydrogens is 152 g/mol. The Hall–Kier alpha value is -0.510. The summed E-state index contributed by atoms with van der Waals surface area (Å²) in [6, 6.07) is 0. The normalized spacial score (nSPS) is 9.60. The molecule has 0 spiro atoms. The summed E-state index contributed by atoms with van der Waals surface area (Å²) in [4.78, 5) is 21.2. The van der Waals surface area contributed by atoms with E-state index in [1.54, 1.807) is 0 Å². The van der Waals surface area contributed by atoms with Gasteiger partial charge in [0.25, 0.3) is 5.78 Å². The molecule has 0 aliphatic heterocycles. The minimum atomic E-state index is -0.735. The SMILES string of the molecule is COC(=O)C(=O)C[S+](C)C. The van der Waals surface area contributed by atoms with Gasteiger partial charge in [-0.1, -0.05) is 0 Å². The molecule has 0 radical (unpaired) electrons. The highest BCUT2D eigenvalue weighted by molar-refractivity contribution is 7.96. The van der Waals surface area contributed by atoms with E-state index >= 15 is 0 Å². The maximum Gasteiger partial charge on any atom is 0.379 e. The van der Waals surface area contributed by atoms with Gasteiger partial charge in [0, 0.05) is 0 Å². The molecule has 0 aromatic rings. The second kappa shape index (κ2) is 4.33. The molecular formula is C6H11O3S+. The highest BCUT2D eigenvalue weighted by Gasteiger charge is 2.19. The molecule has 0 unspecified atom stereocenters. The third-order valence-corrected chi connectivity index (χ3v) is 1.67. The van der Waals surface area contributed by atoms with Crippen molar-refractivity contribution in [3.05, 3.63) is 0 Å². The van der Waals surface area contributed by atoms with E-state index in [9.17, 15) is 9.59 Å². The van der Waals surface area contributed by atoms with Crippen molar-refractivity contribution < 1.29 is 14.3 Å². The molecule has 0 aromatic heterocycles. The van der Waals surface area contributed by atoms with Gasteiger partial charge in [-0.2, -0.15) is 0 Å². The number of ketones is 1. The van der Waals surface area contributed by atoms with E-state index in [0.29, 0.717) is 5.75 Å². The topological polar surface area (TPSA) is 43.4 Å². The Morgan fingerprint density at radius 1 is 1.40 bits per heavy atom. The van der Waals surface area contributed by atoms with Gasteiger partial charge in [0.15, 0.2) is 5.75 Å². The average molecular weight is 163 g/mol. The van der Waals surface area contributed by atoms with Crippen molar-refractivity contribution in [3.63, 3.8) is 0 Å². The molecule has 4 heteroatoms. The minimum absolute atomic E-state index is 0.0182. The van der Waals surface area contributed by atoms with E-state index in [0.717, 1.165) is 0 Å². The first-order chi connectivity index (χ1) is 4.57. The van der Waals surface area contributed by atoms with Crippen LogP contribution in [0.5, 0.6) is 0 Å². The van der Waals surface area contributed by atoms with Crippen molar-refractivity contribution in [2.24, 2.45) is 0 Å². The number of hydrogen-bond acceptors (Lipinski definition) is 3. The number of carbonyl (C=O) groups is 2. The molecule has 0 aromatic carbocycles. The Labute approximate surface area is 63.1 Å². The van der Waals surface area contributed by atoms with Crippen LogP contribution in [0.1, 0.15) is 0 Å². The first kappa shape index (κ1) is 9.49. The number of rotatable bonds is 3. The summed E-state index contributed by atoms with van der Waals surface area (Å²) in [5, 5.41) is 0. The lowest BCUT2D eigenvalue weighted by molar-refractivity contribution is -0.150. The monoisotopic (exact) mass is 163 g/mol. The summed E-state index contributed by atoms with van der Waals surface area (Å²) in [6.45, 7) is 0. The standard InChI is InChI=1S/C6H11O3S/c1-9-6(8)5(7)4-10(2)3/h4H2,1-3H3/q+1. The van der Waals surface area contributed by atoms with Gasteiger partial charge in [0.05, 0.1) is 19.6 Å². The molecule has 0 N–H and O–H groups in total. The maximum atomic E-state index is 10.7. The molecule has 0 atom stereocenters. The van der Waals surface area contributed by atoms with E-state index < -0.39 is 11.8 Å². The predicted octanol–water partition coefficient (Wildman–Crippen LogP) is -0.394. The smallest absolute Gasteiger partial charge is 0.379 e. The Bertz CT molecular complexity index is 142. The Morgan fingerprint density at radius 3 is 2.20 bits per heavy atom. The lowest BCUT2D eigenvalue weighted by atomic mass is 10.5. The summed E-state index contributed by atoms with van der Waals surface area (Å²) in [7, 11) is 1.19. The molecule has 0 heterocycles. The fourth-order valence-corrected chi connectivity index (χ4v) is 1.08. The molecule has 0 saturated heterocycles. The fraction of sp³-hybridized carbons (Fsp3) is 0.667. The summed E-state index contributed by atoms with van der Waals surface area (Å²) >= 11 is 0. The van der Waals surface area contributed by atoms with Crippen LogP contribution in [0.2, 0.25) is 0 Å². The van der Waals surface area contributed by atoms with E-state index in [1.165, 1.54) is 7.11 Å². The van der Waals surface area contributed by atoms with Gasteiger partial charge in [0.2, 0.25) is 0 Å². The number of methoxy groups -OCH3 is 1. The van der Waals surface area contributed by atoms with Crippen molar-refractivity contribution in [2.45, 2.75) is 0 Å². The van der Waals surface area contributed by atoms with Crippen LogP contribution in [0, 0.1) is 0 Å². The van der Waals surface area contributed by atoms with Crippen LogP contribution in [-0.4, -0.2) is 37.1 Å². The first-order valence-electron chi connectivity index (χ1n) is 2.73. The molecule has 10 heavy (non-hydrogen) atoms. The third-order valence-electron chi connectivity index (χ3n) is 0.833. The Balaban J connectivity index is 3.74. The van der Waals surface area contributed by atoms with Crippen LogP contribution < -0.4 is 0 Å². The van der Waals surface area contributed by atoms with E-state index in [2.05, 4.69) is 4.74 Å². The summed E-state index contributed by atoms with van der Waals surface area (Å²) in [5.41, 5.74) is 0. The van der Waals surface area contributed by atoms with Crippen LogP contribution in [0.4, 0.5) is 0 Å². The molecule has 0 amide bonds. The molecule has 0 aliphatic carbocycles. The van der Waals surface area contributed by atoms with Crippen molar-refractivity contribution in [1.29, 1.82) is 0 Å². The quantitative estimate of drug-likeness (QED) is 0.323. The zero-order chi connectivity index (χ0) is 8.15. The highest BCUT2D eigenvalue weighted by Crippen LogP contribution is 1.87. The summed E-state index contributed by atoms with van der Waals surface area (Å²) in [6.07, 6.45) is 3.81. The van der Waals surface area contributed by atoms with E-state index in [4.69, 9.17) is 0 Å². The largest absolute Gasteiger partial charge is 0.463 e. The highest BCUT2D eigenvalue weighted by atomic mass is 32.2. The molecule has 0 bridgehead atoms. The molecule has 0 fully saturated rings. The van der Waals surface area contributed by atoms with Crippen LogP contribution in [0.25, 0.3) is 0 Å².